The van der Waals surface area contributed by atoms with Crippen molar-refractivity contribution in [2.75, 3.05) is 0 Å². The standard InChI is InChI=1S/C43H34N2/c1-26(2)32-25-33-39(28-16-6-5-15-27(28)32)43(35-21-11-7-17-29(35)36-22-13-14-24-44(36)43)45-37-23-12-9-19-31(37)40-38(41(33)45)30-18-8-10-20-34(30)42(40,3)4/h5-26H,1-4H3/q+2. The van der Waals surface area contributed by atoms with Crippen molar-refractivity contribution in [1.29, 1.82) is 0 Å². The van der Waals surface area contributed by atoms with E-state index in [9.17, 15) is 0 Å². The fourth-order valence-corrected chi connectivity index (χ4v) is 9.37. The first-order chi connectivity index (χ1) is 22.0. The molecular weight excluding hydrogens is 544 g/mol. The lowest BCUT2D eigenvalue weighted by Gasteiger charge is -2.24. The summed E-state index contributed by atoms with van der Waals surface area (Å²) in [4.78, 5) is 0. The number of hydrogen-bond donors (Lipinski definition) is 0. The maximum absolute atomic E-state index is 2.73. The number of pyridine rings is 2. The van der Waals surface area contributed by atoms with Crippen molar-refractivity contribution in [3.63, 3.8) is 0 Å². The van der Waals surface area contributed by atoms with E-state index in [1.165, 1.54) is 83.1 Å². The molecule has 0 saturated heterocycles. The largest absolute Gasteiger partial charge is 0.418 e. The van der Waals surface area contributed by atoms with Gasteiger partial charge in [-0.25, -0.2) is 0 Å². The first kappa shape index (κ1) is 25.3. The molecule has 2 nitrogen and oxygen atoms in total. The third kappa shape index (κ3) is 2.79. The second kappa shape index (κ2) is 8.34. The highest BCUT2D eigenvalue weighted by atomic mass is 15.3. The molecule has 2 heteroatoms. The van der Waals surface area contributed by atoms with Gasteiger partial charge >= 0.3 is 5.66 Å². The molecule has 4 heterocycles. The van der Waals surface area contributed by atoms with Crippen LogP contribution in [0.5, 0.6) is 0 Å². The van der Waals surface area contributed by atoms with Crippen molar-refractivity contribution >= 4 is 21.7 Å². The van der Waals surface area contributed by atoms with Gasteiger partial charge in [-0.2, -0.15) is 0 Å². The van der Waals surface area contributed by atoms with Gasteiger partial charge in [-0.05, 0) is 63.9 Å². The molecule has 2 aromatic heterocycles. The molecule has 0 radical (unpaired) electrons. The van der Waals surface area contributed by atoms with Crippen LogP contribution in [-0.4, -0.2) is 0 Å². The number of hydrogen-bond acceptors (Lipinski definition) is 0. The molecule has 2 aliphatic heterocycles. The minimum absolute atomic E-state index is 0.132. The molecule has 3 aliphatic rings. The zero-order valence-corrected chi connectivity index (χ0v) is 26.1. The molecule has 0 saturated carbocycles. The lowest BCUT2D eigenvalue weighted by molar-refractivity contribution is -0.944. The van der Waals surface area contributed by atoms with Gasteiger partial charge in [0.1, 0.15) is 11.1 Å². The monoisotopic (exact) mass is 578 g/mol. The zero-order valence-electron chi connectivity index (χ0n) is 26.1. The van der Waals surface area contributed by atoms with Crippen LogP contribution in [0.15, 0.2) is 128 Å². The highest BCUT2D eigenvalue weighted by Gasteiger charge is 2.69. The maximum atomic E-state index is 2.73. The molecule has 1 spiro atoms. The van der Waals surface area contributed by atoms with Crippen molar-refractivity contribution < 1.29 is 9.13 Å². The molecule has 0 N–H and O–H groups in total. The summed E-state index contributed by atoms with van der Waals surface area (Å²) < 4.78 is 5.30. The van der Waals surface area contributed by atoms with Crippen LogP contribution in [0, 0.1) is 0 Å². The predicted octanol–water partition coefficient (Wildman–Crippen LogP) is 9.26. The number of benzene rings is 5. The maximum Gasteiger partial charge on any atom is 0.418 e. The van der Waals surface area contributed by atoms with Gasteiger partial charge in [0.25, 0.3) is 0 Å². The van der Waals surface area contributed by atoms with E-state index in [1.54, 1.807) is 0 Å². The summed E-state index contributed by atoms with van der Waals surface area (Å²) >= 11 is 0. The molecule has 0 amide bonds. The Morgan fingerprint density at radius 1 is 0.578 bits per heavy atom. The van der Waals surface area contributed by atoms with Gasteiger partial charge < -0.3 is 0 Å². The Morgan fingerprint density at radius 3 is 2.02 bits per heavy atom. The third-order valence-electron chi connectivity index (χ3n) is 11.0. The quantitative estimate of drug-likeness (QED) is 0.172. The summed E-state index contributed by atoms with van der Waals surface area (Å²) in [6, 6.07) is 45.8. The van der Waals surface area contributed by atoms with Gasteiger partial charge in [-0.3, -0.25) is 0 Å². The Kier molecular flexibility index (Phi) is 4.68. The van der Waals surface area contributed by atoms with Crippen molar-refractivity contribution in [3.8, 4) is 33.6 Å². The smallest absolute Gasteiger partial charge is 0.125 e. The molecule has 0 bridgehead atoms. The zero-order chi connectivity index (χ0) is 30.2. The van der Waals surface area contributed by atoms with Gasteiger partial charge in [-0.1, -0.05) is 100 Å². The van der Waals surface area contributed by atoms with Crippen LogP contribution in [0.2, 0.25) is 0 Å². The van der Waals surface area contributed by atoms with Crippen LogP contribution in [0.25, 0.3) is 55.3 Å². The van der Waals surface area contributed by atoms with E-state index in [4.69, 9.17) is 0 Å². The van der Waals surface area contributed by atoms with E-state index >= 15 is 0 Å². The summed E-state index contributed by atoms with van der Waals surface area (Å²) in [5.41, 5.74) is 15.5. The average molecular weight is 579 g/mol. The lowest BCUT2D eigenvalue weighted by Crippen LogP contribution is -2.71. The summed E-state index contributed by atoms with van der Waals surface area (Å²) in [6.07, 6.45) is 2.31. The normalized spacial score (nSPS) is 17.8. The molecule has 5 aromatic carbocycles. The van der Waals surface area contributed by atoms with Crippen LogP contribution in [-0.2, 0) is 11.1 Å². The van der Waals surface area contributed by atoms with E-state index in [0.29, 0.717) is 5.92 Å². The molecule has 10 rings (SSSR count). The number of aromatic nitrogens is 2. The number of para-hydroxylation sites is 1. The highest BCUT2D eigenvalue weighted by Crippen LogP contribution is 2.59. The summed E-state index contributed by atoms with van der Waals surface area (Å²) in [7, 11) is 0. The molecule has 1 unspecified atom stereocenters. The number of nitrogens with zero attached hydrogens (tertiary/aromatic N) is 2. The van der Waals surface area contributed by atoms with Crippen LogP contribution in [0.1, 0.15) is 61.4 Å². The Bertz CT molecular complexity index is 2400. The van der Waals surface area contributed by atoms with Crippen LogP contribution in [0.3, 0.4) is 0 Å². The Balaban J connectivity index is 1.55. The minimum Gasteiger partial charge on any atom is -0.125 e. The molecule has 214 valence electrons. The molecular formula is C43H34N2+2. The van der Waals surface area contributed by atoms with Gasteiger partial charge in [0, 0.05) is 29.0 Å². The van der Waals surface area contributed by atoms with E-state index in [2.05, 4.69) is 164 Å². The summed E-state index contributed by atoms with van der Waals surface area (Å²) in [6.45, 7) is 9.51. The SMILES string of the molecule is CC(C)c1cc2c(c3ccccc13)C1(c3ccccc3-c3cccc[n+]31)[n+]1c-2c2c(c3ccccc31)C(C)(C)c1ccccc1-2. The topological polar surface area (TPSA) is 7.76 Å². The Hall–Kier alpha value is -5.08. The lowest BCUT2D eigenvalue weighted by atomic mass is 9.80. The van der Waals surface area contributed by atoms with E-state index in [0.717, 1.165) is 0 Å². The minimum atomic E-state index is -0.594. The van der Waals surface area contributed by atoms with Gasteiger partial charge in [0.15, 0.2) is 6.20 Å². The fourth-order valence-electron chi connectivity index (χ4n) is 9.37. The molecule has 0 fully saturated rings. The second-order valence-electron chi connectivity index (χ2n) is 13.9. The first-order valence-electron chi connectivity index (χ1n) is 16.2. The molecule has 1 atom stereocenters. The van der Waals surface area contributed by atoms with Crippen molar-refractivity contribution in [2.45, 2.75) is 44.7 Å². The van der Waals surface area contributed by atoms with Crippen LogP contribution >= 0.6 is 0 Å². The van der Waals surface area contributed by atoms with E-state index in [1.807, 2.05) is 0 Å². The van der Waals surface area contributed by atoms with Crippen molar-refractivity contribution in [1.82, 2.24) is 0 Å². The van der Waals surface area contributed by atoms with Crippen molar-refractivity contribution in [3.05, 3.63) is 155 Å². The average Bonchev–Trinajstić information content (AvgIpc) is 3.63. The predicted molar refractivity (Wildman–Crippen MR) is 182 cm³/mol. The van der Waals surface area contributed by atoms with Crippen LogP contribution in [0.4, 0.5) is 0 Å². The molecule has 45 heavy (non-hydrogen) atoms. The summed E-state index contributed by atoms with van der Waals surface area (Å²) in [5.74, 6) is 0.387. The van der Waals surface area contributed by atoms with Crippen molar-refractivity contribution in [2.24, 2.45) is 0 Å². The highest BCUT2D eigenvalue weighted by molar-refractivity contribution is 6.04. The Morgan fingerprint density at radius 2 is 1.22 bits per heavy atom. The molecule has 7 aromatic rings. The second-order valence-corrected chi connectivity index (χ2v) is 13.9. The summed E-state index contributed by atoms with van der Waals surface area (Å²) in [5, 5.41) is 4.02. The van der Waals surface area contributed by atoms with E-state index in [-0.39, 0.29) is 5.41 Å². The van der Waals surface area contributed by atoms with Gasteiger partial charge in [0.05, 0.1) is 22.1 Å². The van der Waals surface area contributed by atoms with Gasteiger partial charge in [0.2, 0.25) is 16.9 Å². The molecule has 1 aliphatic carbocycles. The third-order valence-corrected chi connectivity index (χ3v) is 11.0. The van der Waals surface area contributed by atoms with Crippen LogP contribution < -0.4 is 9.13 Å². The number of fused-ring (bicyclic) bond motifs is 19. The Labute approximate surface area is 263 Å². The van der Waals surface area contributed by atoms with Gasteiger partial charge in [-0.15, -0.1) is 9.13 Å². The van der Waals surface area contributed by atoms with E-state index < -0.39 is 5.66 Å². The number of rotatable bonds is 1. The fraction of sp³-hybridized carbons (Fsp3) is 0.163. The first-order valence-corrected chi connectivity index (χ1v) is 16.2.